The molecule has 0 saturated carbocycles. The van der Waals surface area contributed by atoms with Gasteiger partial charge in [-0.25, -0.2) is 0 Å². The fourth-order valence-corrected chi connectivity index (χ4v) is 3.41. The summed E-state index contributed by atoms with van der Waals surface area (Å²) in [6.07, 6.45) is 2.75. The van der Waals surface area contributed by atoms with E-state index in [0.29, 0.717) is 43.6 Å². The van der Waals surface area contributed by atoms with E-state index in [4.69, 9.17) is 18.9 Å². The Morgan fingerprint density at radius 1 is 1.07 bits per heavy atom. The lowest BCUT2D eigenvalue weighted by Gasteiger charge is -2.31. The lowest BCUT2D eigenvalue weighted by atomic mass is 10.2. The predicted molar refractivity (Wildman–Crippen MR) is 105 cm³/mol. The number of ether oxygens (including phenoxy) is 4. The van der Waals surface area contributed by atoms with Gasteiger partial charge in [0.2, 0.25) is 0 Å². The zero-order valence-electron chi connectivity index (χ0n) is 15.8. The highest BCUT2D eigenvalue weighted by molar-refractivity contribution is 5.98. The van der Waals surface area contributed by atoms with Crippen LogP contribution in [0.4, 0.5) is 5.69 Å². The van der Waals surface area contributed by atoms with Crippen LogP contribution < -0.4 is 14.4 Å². The molecule has 0 radical (unpaired) electrons. The lowest BCUT2D eigenvalue weighted by Crippen LogP contribution is -2.41. The van der Waals surface area contributed by atoms with Crippen LogP contribution in [0.25, 0.3) is 0 Å². The summed E-state index contributed by atoms with van der Waals surface area (Å²) in [5.74, 6) is 1.13. The molecule has 1 amide bonds. The van der Waals surface area contributed by atoms with Gasteiger partial charge in [-0.2, -0.15) is 0 Å². The Morgan fingerprint density at radius 3 is 2.79 bits per heavy atom. The van der Waals surface area contributed by atoms with Crippen LogP contribution in [0.1, 0.15) is 24.8 Å². The van der Waals surface area contributed by atoms with Crippen LogP contribution in [0.5, 0.6) is 11.5 Å². The summed E-state index contributed by atoms with van der Waals surface area (Å²) in [5.41, 5.74) is 1.83. The molecule has 1 fully saturated rings. The Bertz CT molecular complexity index is 789. The summed E-state index contributed by atoms with van der Waals surface area (Å²) in [7, 11) is 0. The van der Waals surface area contributed by atoms with E-state index in [0.717, 1.165) is 24.8 Å². The molecule has 148 valence electrons. The molecule has 0 aliphatic carbocycles. The number of rotatable bonds is 7. The maximum atomic E-state index is 12.4. The fourth-order valence-electron chi connectivity index (χ4n) is 3.41. The molecule has 4 rings (SSSR count). The van der Waals surface area contributed by atoms with Crippen LogP contribution >= 0.6 is 0 Å². The van der Waals surface area contributed by atoms with Gasteiger partial charge in [0.15, 0.2) is 24.4 Å². The molecule has 1 unspecified atom stereocenters. The van der Waals surface area contributed by atoms with Crippen molar-refractivity contribution in [2.24, 2.45) is 0 Å². The van der Waals surface area contributed by atoms with Crippen molar-refractivity contribution in [2.75, 3.05) is 31.3 Å². The van der Waals surface area contributed by atoms with Gasteiger partial charge in [-0.05, 0) is 30.5 Å². The first-order valence-electron chi connectivity index (χ1n) is 9.77. The van der Waals surface area contributed by atoms with Crippen molar-refractivity contribution in [1.82, 2.24) is 0 Å². The lowest BCUT2D eigenvalue weighted by molar-refractivity contribution is -0.121. The van der Waals surface area contributed by atoms with Crippen molar-refractivity contribution in [3.63, 3.8) is 0 Å². The molecule has 28 heavy (non-hydrogen) atoms. The summed E-state index contributed by atoms with van der Waals surface area (Å²) >= 11 is 0. The molecule has 6 heteroatoms. The van der Waals surface area contributed by atoms with Crippen LogP contribution in [0.3, 0.4) is 0 Å². The zero-order valence-corrected chi connectivity index (χ0v) is 15.8. The Labute approximate surface area is 165 Å². The molecular weight excluding hydrogens is 358 g/mol. The second-order valence-corrected chi connectivity index (χ2v) is 6.89. The Morgan fingerprint density at radius 2 is 1.96 bits per heavy atom. The van der Waals surface area contributed by atoms with Crippen LogP contribution in [-0.2, 0) is 20.9 Å². The highest BCUT2D eigenvalue weighted by Gasteiger charge is 2.29. The first-order valence-corrected chi connectivity index (χ1v) is 9.77. The first kappa shape index (κ1) is 18.8. The number of nitrogens with zero attached hydrogens (tertiary/aromatic N) is 1. The number of carbonyl (C=O) groups excluding carboxylic acids is 1. The number of hydrogen-bond donors (Lipinski definition) is 0. The first-order chi connectivity index (χ1) is 13.8. The van der Waals surface area contributed by atoms with Gasteiger partial charge >= 0.3 is 0 Å². The van der Waals surface area contributed by atoms with Crippen molar-refractivity contribution in [1.29, 1.82) is 0 Å². The minimum absolute atomic E-state index is 0.00240. The third-order valence-electron chi connectivity index (χ3n) is 4.86. The number of fused-ring (bicyclic) bond motifs is 1. The molecule has 1 saturated heterocycles. The van der Waals surface area contributed by atoms with E-state index in [1.165, 1.54) is 0 Å². The van der Waals surface area contributed by atoms with Gasteiger partial charge in [0.1, 0.15) is 0 Å². The van der Waals surface area contributed by atoms with Gasteiger partial charge < -0.3 is 23.8 Å². The summed E-state index contributed by atoms with van der Waals surface area (Å²) < 4.78 is 23.1. The Hall–Kier alpha value is -2.57. The highest BCUT2D eigenvalue weighted by atomic mass is 16.7. The van der Waals surface area contributed by atoms with Crippen molar-refractivity contribution in [2.45, 2.75) is 32.2 Å². The number of amides is 1. The van der Waals surface area contributed by atoms with Crippen LogP contribution in [0.2, 0.25) is 0 Å². The summed E-state index contributed by atoms with van der Waals surface area (Å²) in [4.78, 5) is 14.1. The average Bonchev–Trinajstić information content (AvgIpc) is 2.74. The van der Waals surface area contributed by atoms with E-state index in [1.807, 2.05) is 48.5 Å². The van der Waals surface area contributed by atoms with Gasteiger partial charge in [0.25, 0.3) is 5.91 Å². The molecule has 0 aromatic heterocycles. The molecule has 0 N–H and O–H groups in total. The normalized spacial score (nSPS) is 19.1. The number of carbonyl (C=O) groups is 1. The van der Waals surface area contributed by atoms with Crippen molar-refractivity contribution in [3.05, 3.63) is 54.1 Å². The second kappa shape index (κ2) is 9.08. The minimum Gasteiger partial charge on any atom is -0.478 e. The molecule has 1 atom stereocenters. The van der Waals surface area contributed by atoms with Crippen molar-refractivity contribution < 1.29 is 23.7 Å². The van der Waals surface area contributed by atoms with Gasteiger partial charge in [0.05, 0.1) is 25.5 Å². The second-order valence-electron chi connectivity index (χ2n) is 6.89. The number of anilines is 1. The van der Waals surface area contributed by atoms with E-state index >= 15 is 0 Å². The third kappa shape index (κ3) is 4.46. The monoisotopic (exact) mass is 383 g/mol. The molecule has 0 bridgehead atoms. The minimum atomic E-state index is -0.260. The van der Waals surface area contributed by atoms with Gasteiger partial charge in [-0.15, -0.1) is 0 Å². The smallest absolute Gasteiger partial charge is 0.265 e. The van der Waals surface area contributed by atoms with E-state index in [9.17, 15) is 4.79 Å². The SMILES string of the molecule is O=C1COc2c(OC3CCCCO3)cccc2N1CCOCc1ccccc1. The van der Waals surface area contributed by atoms with Gasteiger partial charge in [-0.3, -0.25) is 4.79 Å². The topological polar surface area (TPSA) is 57.2 Å². The standard InChI is InChI=1S/C22H25NO5/c24-20-16-27-22-18(9-6-10-19(22)28-21-11-4-5-13-26-21)23(20)12-14-25-15-17-7-2-1-3-8-17/h1-3,6-10,21H,4-5,11-16H2. The molecule has 2 aromatic carbocycles. The van der Waals surface area contributed by atoms with E-state index < -0.39 is 0 Å². The van der Waals surface area contributed by atoms with Crippen LogP contribution in [-0.4, -0.2) is 38.6 Å². The largest absolute Gasteiger partial charge is 0.478 e. The maximum Gasteiger partial charge on any atom is 0.265 e. The number of hydrogen-bond acceptors (Lipinski definition) is 5. The number of para-hydroxylation sites is 1. The Balaban J connectivity index is 1.40. The molecule has 6 nitrogen and oxygen atoms in total. The van der Waals surface area contributed by atoms with E-state index in [2.05, 4.69) is 0 Å². The predicted octanol–water partition coefficient (Wildman–Crippen LogP) is 3.53. The Kier molecular flexibility index (Phi) is 6.09. The quantitative estimate of drug-likeness (QED) is 0.685. The van der Waals surface area contributed by atoms with Crippen LogP contribution in [0.15, 0.2) is 48.5 Å². The third-order valence-corrected chi connectivity index (χ3v) is 4.86. The van der Waals surface area contributed by atoms with Gasteiger partial charge in [-0.1, -0.05) is 36.4 Å². The van der Waals surface area contributed by atoms with E-state index in [1.54, 1.807) is 4.90 Å². The average molecular weight is 383 g/mol. The molecule has 2 aliphatic rings. The van der Waals surface area contributed by atoms with E-state index in [-0.39, 0.29) is 18.8 Å². The summed E-state index contributed by atoms with van der Waals surface area (Å²) in [6.45, 7) is 2.14. The number of benzene rings is 2. The van der Waals surface area contributed by atoms with Crippen molar-refractivity contribution >= 4 is 11.6 Å². The summed E-state index contributed by atoms with van der Waals surface area (Å²) in [5, 5.41) is 0. The van der Waals surface area contributed by atoms with Crippen LogP contribution in [0, 0.1) is 0 Å². The molecule has 2 aromatic rings. The van der Waals surface area contributed by atoms with Gasteiger partial charge in [0, 0.05) is 13.0 Å². The molecule has 2 heterocycles. The zero-order chi connectivity index (χ0) is 19.2. The fraction of sp³-hybridized carbons (Fsp3) is 0.409. The summed E-state index contributed by atoms with van der Waals surface area (Å²) in [6, 6.07) is 15.6. The molecule has 0 spiro atoms. The molecular formula is C22H25NO5. The molecule has 2 aliphatic heterocycles. The van der Waals surface area contributed by atoms with Crippen molar-refractivity contribution in [3.8, 4) is 11.5 Å². The highest BCUT2D eigenvalue weighted by Crippen LogP contribution is 2.41. The maximum absolute atomic E-state index is 12.4.